The second-order valence-electron chi connectivity index (χ2n) is 5.70. The average molecular weight is 294 g/mol. The first-order chi connectivity index (χ1) is 9.97. The predicted octanol–water partition coefficient (Wildman–Crippen LogP) is 1.42. The van der Waals surface area contributed by atoms with E-state index in [1.54, 1.807) is 13.2 Å². The molecule has 2 rings (SSSR count). The van der Waals surface area contributed by atoms with E-state index < -0.39 is 18.0 Å². The summed E-state index contributed by atoms with van der Waals surface area (Å²) in [5, 5.41) is 18.6. The highest BCUT2D eigenvalue weighted by Gasteiger charge is 2.27. The lowest BCUT2D eigenvalue weighted by molar-refractivity contribution is -0.139. The molecule has 1 heterocycles. The van der Waals surface area contributed by atoms with Gasteiger partial charge in [-0.25, -0.2) is 9.59 Å². The van der Waals surface area contributed by atoms with Crippen LogP contribution in [0, 0.1) is 5.92 Å². The molecule has 3 N–H and O–H groups in total. The summed E-state index contributed by atoms with van der Waals surface area (Å²) in [5.74, 6) is -0.680. The van der Waals surface area contributed by atoms with Crippen LogP contribution in [0.4, 0.5) is 4.79 Å². The van der Waals surface area contributed by atoms with Gasteiger partial charge in [0.1, 0.15) is 0 Å². The minimum atomic E-state index is -1.10. The number of carbonyl (C=O) groups excluding carboxylic acids is 1. The Morgan fingerprint density at radius 2 is 2.14 bits per heavy atom. The number of aliphatic carboxylic acids is 1. The summed E-state index contributed by atoms with van der Waals surface area (Å²) in [6, 6.07) is -1.41. The van der Waals surface area contributed by atoms with Crippen LogP contribution in [0.1, 0.15) is 44.2 Å². The van der Waals surface area contributed by atoms with Gasteiger partial charge >= 0.3 is 12.0 Å². The molecule has 1 aliphatic rings. The van der Waals surface area contributed by atoms with Gasteiger partial charge in [0.15, 0.2) is 6.04 Å². The molecule has 0 spiro atoms. The molecule has 0 bridgehead atoms. The largest absolute Gasteiger partial charge is 0.479 e. The van der Waals surface area contributed by atoms with Gasteiger partial charge in [0.05, 0.1) is 6.20 Å². The summed E-state index contributed by atoms with van der Waals surface area (Å²) in [6.07, 6.45) is 7.36. The zero-order valence-corrected chi connectivity index (χ0v) is 12.4. The standard InChI is InChI=1S/C14H22N4O3/c1-9-5-3-4-6-11(9)16-14(21)17-12(13(19)20)10-7-15-18(2)8-10/h7-9,11-12H,3-6H2,1-2H3,(H,19,20)(H2,16,17,21). The smallest absolute Gasteiger partial charge is 0.331 e. The monoisotopic (exact) mass is 294 g/mol. The third-order valence-corrected chi connectivity index (χ3v) is 4.01. The van der Waals surface area contributed by atoms with Crippen molar-refractivity contribution in [3.05, 3.63) is 18.0 Å². The molecule has 116 valence electrons. The van der Waals surface area contributed by atoms with E-state index >= 15 is 0 Å². The normalized spacial score (nSPS) is 23.3. The fourth-order valence-corrected chi connectivity index (χ4v) is 2.75. The molecular formula is C14H22N4O3. The molecule has 0 aliphatic heterocycles. The third kappa shape index (κ3) is 3.96. The second kappa shape index (κ2) is 6.60. The number of hydrogen-bond acceptors (Lipinski definition) is 3. The van der Waals surface area contributed by atoms with Gasteiger partial charge in [0, 0.05) is 24.8 Å². The predicted molar refractivity (Wildman–Crippen MR) is 76.7 cm³/mol. The number of aromatic nitrogens is 2. The molecule has 0 radical (unpaired) electrons. The van der Waals surface area contributed by atoms with Crippen molar-refractivity contribution in [2.75, 3.05) is 0 Å². The Kier molecular flexibility index (Phi) is 4.82. The lowest BCUT2D eigenvalue weighted by atomic mass is 9.86. The third-order valence-electron chi connectivity index (χ3n) is 4.01. The van der Waals surface area contributed by atoms with Crippen LogP contribution >= 0.6 is 0 Å². The molecule has 3 unspecified atom stereocenters. The molecule has 1 fully saturated rings. The van der Waals surface area contributed by atoms with E-state index in [2.05, 4.69) is 22.7 Å². The van der Waals surface area contributed by atoms with Crippen molar-refractivity contribution in [3.63, 3.8) is 0 Å². The Balaban J connectivity index is 1.97. The summed E-state index contributed by atoms with van der Waals surface area (Å²) >= 11 is 0. The number of nitrogens with one attached hydrogen (secondary N) is 2. The fourth-order valence-electron chi connectivity index (χ4n) is 2.75. The Morgan fingerprint density at radius 3 is 2.71 bits per heavy atom. The van der Waals surface area contributed by atoms with E-state index in [1.165, 1.54) is 17.3 Å². The number of hydrogen-bond donors (Lipinski definition) is 3. The first-order valence-electron chi connectivity index (χ1n) is 7.25. The SMILES string of the molecule is CC1CCCCC1NC(=O)NC(C(=O)O)c1cnn(C)c1. The number of rotatable bonds is 4. The van der Waals surface area contributed by atoms with Crippen LogP contribution in [0.25, 0.3) is 0 Å². The Morgan fingerprint density at radius 1 is 1.43 bits per heavy atom. The van der Waals surface area contributed by atoms with Crippen molar-refractivity contribution in [2.24, 2.45) is 13.0 Å². The van der Waals surface area contributed by atoms with Crippen molar-refractivity contribution in [1.29, 1.82) is 0 Å². The molecule has 1 saturated carbocycles. The first-order valence-corrected chi connectivity index (χ1v) is 7.25. The van der Waals surface area contributed by atoms with Crippen LogP contribution in [-0.4, -0.2) is 32.9 Å². The van der Waals surface area contributed by atoms with E-state index in [9.17, 15) is 14.7 Å². The molecule has 1 aromatic rings. The number of amides is 2. The first kappa shape index (κ1) is 15.3. The lowest BCUT2D eigenvalue weighted by Gasteiger charge is -2.29. The average Bonchev–Trinajstić information content (AvgIpc) is 2.85. The van der Waals surface area contributed by atoms with Crippen LogP contribution in [0.5, 0.6) is 0 Å². The summed E-state index contributed by atoms with van der Waals surface area (Å²) in [6.45, 7) is 2.11. The van der Waals surface area contributed by atoms with Crippen molar-refractivity contribution >= 4 is 12.0 Å². The van der Waals surface area contributed by atoms with Gasteiger partial charge in [0.2, 0.25) is 0 Å². The van der Waals surface area contributed by atoms with Gasteiger partial charge in [-0.1, -0.05) is 19.8 Å². The van der Waals surface area contributed by atoms with E-state index in [0.717, 1.165) is 19.3 Å². The maximum absolute atomic E-state index is 12.0. The summed E-state index contributed by atoms with van der Waals surface area (Å²) < 4.78 is 1.51. The number of nitrogens with zero attached hydrogens (tertiary/aromatic N) is 2. The zero-order chi connectivity index (χ0) is 15.4. The van der Waals surface area contributed by atoms with Crippen molar-refractivity contribution < 1.29 is 14.7 Å². The zero-order valence-electron chi connectivity index (χ0n) is 12.4. The molecule has 2 amide bonds. The summed E-state index contributed by atoms with van der Waals surface area (Å²) in [5.41, 5.74) is 0.455. The molecule has 7 heteroatoms. The molecule has 7 nitrogen and oxygen atoms in total. The summed E-state index contributed by atoms with van der Waals surface area (Å²) in [4.78, 5) is 23.4. The molecule has 0 saturated heterocycles. The van der Waals surface area contributed by atoms with Gasteiger partial charge in [0.25, 0.3) is 0 Å². The molecule has 0 aromatic carbocycles. The highest BCUT2D eigenvalue weighted by Crippen LogP contribution is 2.23. The van der Waals surface area contributed by atoms with Crippen molar-refractivity contribution in [2.45, 2.75) is 44.7 Å². The highest BCUT2D eigenvalue weighted by atomic mass is 16.4. The molecule has 1 aromatic heterocycles. The highest BCUT2D eigenvalue weighted by molar-refractivity contribution is 5.83. The maximum atomic E-state index is 12.0. The molecular weight excluding hydrogens is 272 g/mol. The number of carbonyl (C=O) groups is 2. The van der Waals surface area contributed by atoms with E-state index in [0.29, 0.717) is 11.5 Å². The minimum Gasteiger partial charge on any atom is -0.479 e. The van der Waals surface area contributed by atoms with E-state index in [4.69, 9.17) is 0 Å². The van der Waals surface area contributed by atoms with Gasteiger partial charge < -0.3 is 15.7 Å². The van der Waals surface area contributed by atoms with Crippen LogP contribution in [0.2, 0.25) is 0 Å². The number of carboxylic acid groups (broad SMARTS) is 1. The Labute approximate surface area is 123 Å². The van der Waals surface area contributed by atoms with Gasteiger partial charge in [-0.05, 0) is 18.8 Å². The van der Waals surface area contributed by atoms with Gasteiger partial charge in [-0.2, -0.15) is 5.10 Å². The van der Waals surface area contributed by atoms with Crippen molar-refractivity contribution in [3.8, 4) is 0 Å². The van der Waals surface area contributed by atoms with E-state index in [1.807, 2.05) is 0 Å². The molecule has 1 aliphatic carbocycles. The minimum absolute atomic E-state index is 0.113. The fraction of sp³-hybridized carbons (Fsp3) is 0.643. The Hall–Kier alpha value is -2.05. The van der Waals surface area contributed by atoms with Crippen LogP contribution < -0.4 is 10.6 Å². The number of aryl methyl sites for hydroxylation is 1. The van der Waals surface area contributed by atoms with Gasteiger partial charge in [-0.3, -0.25) is 4.68 Å². The topological polar surface area (TPSA) is 96.2 Å². The van der Waals surface area contributed by atoms with E-state index in [-0.39, 0.29) is 6.04 Å². The van der Waals surface area contributed by atoms with Crippen LogP contribution in [0.3, 0.4) is 0 Å². The van der Waals surface area contributed by atoms with Crippen LogP contribution in [-0.2, 0) is 11.8 Å². The van der Waals surface area contributed by atoms with Crippen LogP contribution in [0.15, 0.2) is 12.4 Å². The molecule has 21 heavy (non-hydrogen) atoms. The maximum Gasteiger partial charge on any atom is 0.331 e. The van der Waals surface area contributed by atoms with Gasteiger partial charge in [-0.15, -0.1) is 0 Å². The molecule has 3 atom stereocenters. The number of carboxylic acids is 1. The second-order valence-corrected chi connectivity index (χ2v) is 5.70. The Bertz CT molecular complexity index is 514. The van der Waals surface area contributed by atoms with Crippen molar-refractivity contribution in [1.82, 2.24) is 20.4 Å². The number of urea groups is 1. The quantitative estimate of drug-likeness (QED) is 0.782. The summed E-state index contributed by atoms with van der Waals surface area (Å²) in [7, 11) is 1.70. The lowest BCUT2D eigenvalue weighted by Crippen LogP contribution is -2.48.